The number of anilines is 3. The molecule has 1 atom stereocenters. The van der Waals surface area contributed by atoms with E-state index in [0.29, 0.717) is 18.9 Å². The summed E-state index contributed by atoms with van der Waals surface area (Å²) >= 11 is 0. The summed E-state index contributed by atoms with van der Waals surface area (Å²) in [5.41, 5.74) is 3.28. The number of hydrogen-bond acceptors (Lipinski definition) is 7. The highest BCUT2D eigenvalue weighted by Crippen LogP contribution is 2.28. The minimum Gasteiger partial charge on any atom is -0.442 e. The molecule has 0 spiro atoms. The topological polar surface area (TPSA) is 119 Å². The lowest BCUT2D eigenvalue weighted by Crippen LogP contribution is -2.47. The molecule has 2 aromatic rings. The van der Waals surface area contributed by atoms with Crippen LogP contribution in [0.1, 0.15) is 6.92 Å². The average molecular weight is 524 g/mol. The molecular weight excluding hydrogens is 495 g/mol. The third-order valence-electron chi connectivity index (χ3n) is 5.55. The summed E-state index contributed by atoms with van der Waals surface area (Å²) in [6, 6.07) is 8.90. The van der Waals surface area contributed by atoms with E-state index in [0.717, 1.165) is 4.90 Å². The van der Waals surface area contributed by atoms with E-state index in [4.69, 9.17) is 4.74 Å². The maximum Gasteiger partial charge on any atom is 0.414 e. The van der Waals surface area contributed by atoms with Gasteiger partial charge in [0.25, 0.3) is 5.91 Å². The molecular formula is C23H28F3N7O4. The molecule has 2 heterocycles. The lowest BCUT2D eigenvalue weighted by molar-refractivity contribution is -0.132. The van der Waals surface area contributed by atoms with Crippen LogP contribution in [0.4, 0.5) is 40.0 Å². The van der Waals surface area contributed by atoms with Gasteiger partial charge in [-0.3, -0.25) is 20.0 Å². The smallest absolute Gasteiger partial charge is 0.414 e. The molecule has 1 aliphatic heterocycles. The van der Waals surface area contributed by atoms with Gasteiger partial charge < -0.3 is 15.0 Å². The number of ether oxygens (including phenoxy) is 1. The normalized spacial score (nSPS) is 14.9. The van der Waals surface area contributed by atoms with Crippen LogP contribution in [0.5, 0.6) is 0 Å². The standard InChI is InChI=1S/C23H28F3N7O4/c1-3-31(10-11-33(27-2)22(35)30-19-6-4-5-9-28-19)18-8-7-15(12-17(18)24)32-14-16(37-23(32)36)13-29-21(34)20(25)26/h4-9,12,16,20,27H,3,10-11,13-14H2,1-2H3,(H,29,34)(H,28,30,35)/t16-/m0/s1. The van der Waals surface area contributed by atoms with E-state index in [1.807, 2.05) is 12.2 Å². The monoisotopic (exact) mass is 523 g/mol. The number of alkyl halides is 2. The van der Waals surface area contributed by atoms with Gasteiger partial charge in [0.2, 0.25) is 0 Å². The van der Waals surface area contributed by atoms with Crippen molar-refractivity contribution in [1.82, 2.24) is 20.7 Å². The molecule has 1 saturated heterocycles. The van der Waals surface area contributed by atoms with Crippen LogP contribution in [0.3, 0.4) is 0 Å². The van der Waals surface area contributed by atoms with Gasteiger partial charge in [0.05, 0.1) is 31.0 Å². The number of benzene rings is 1. The predicted octanol–water partition coefficient (Wildman–Crippen LogP) is 2.42. The molecule has 200 valence electrons. The molecule has 0 aliphatic carbocycles. The van der Waals surface area contributed by atoms with Crippen LogP contribution in [-0.4, -0.2) is 80.3 Å². The number of nitrogens with zero attached hydrogens (tertiary/aromatic N) is 4. The van der Waals surface area contributed by atoms with E-state index in [9.17, 15) is 23.2 Å². The molecule has 3 N–H and O–H groups in total. The third-order valence-corrected chi connectivity index (χ3v) is 5.55. The molecule has 0 saturated carbocycles. The number of cyclic esters (lactones) is 1. The van der Waals surface area contributed by atoms with Crippen molar-refractivity contribution in [1.29, 1.82) is 0 Å². The summed E-state index contributed by atoms with van der Waals surface area (Å²) < 4.78 is 44.8. The second-order valence-electron chi connectivity index (χ2n) is 7.90. The first-order chi connectivity index (χ1) is 17.7. The number of pyridine rings is 1. The number of halogens is 3. The zero-order valence-electron chi connectivity index (χ0n) is 20.3. The molecule has 1 fully saturated rings. The van der Waals surface area contributed by atoms with Crippen molar-refractivity contribution in [3.05, 3.63) is 48.4 Å². The van der Waals surface area contributed by atoms with Crippen LogP contribution in [-0.2, 0) is 9.53 Å². The molecule has 37 heavy (non-hydrogen) atoms. The predicted molar refractivity (Wildman–Crippen MR) is 130 cm³/mol. The molecule has 14 heteroatoms. The van der Waals surface area contributed by atoms with E-state index in [1.54, 1.807) is 36.3 Å². The highest BCUT2D eigenvalue weighted by Gasteiger charge is 2.33. The van der Waals surface area contributed by atoms with Crippen LogP contribution < -0.4 is 25.9 Å². The number of hydrazine groups is 1. The van der Waals surface area contributed by atoms with Crippen molar-refractivity contribution in [2.24, 2.45) is 0 Å². The first kappa shape index (κ1) is 27.5. The van der Waals surface area contributed by atoms with Gasteiger partial charge in [-0.2, -0.15) is 8.78 Å². The van der Waals surface area contributed by atoms with Crippen LogP contribution >= 0.6 is 0 Å². The number of carbonyl (C=O) groups is 3. The van der Waals surface area contributed by atoms with Crippen LogP contribution in [0, 0.1) is 5.82 Å². The highest BCUT2D eigenvalue weighted by atomic mass is 19.3. The third kappa shape index (κ3) is 7.22. The fraction of sp³-hybridized carbons (Fsp3) is 0.391. The molecule has 0 bridgehead atoms. The first-order valence-electron chi connectivity index (χ1n) is 11.5. The van der Waals surface area contributed by atoms with Gasteiger partial charge in [-0.05, 0) is 37.3 Å². The number of aromatic nitrogens is 1. The fourth-order valence-corrected chi connectivity index (χ4v) is 3.65. The van der Waals surface area contributed by atoms with Gasteiger partial charge in [0.1, 0.15) is 17.7 Å². The number of carbonyl (C=O) groups excluding carboxylic acids is 3. The summed E-state index contributed by atoms with van der Waals surface area (Å²) in [4.78, 5) is 42.7. The molecule has 0 radical (unpaired) electrons. The SMILES string of the molecule is CCN(CCN(NC)C(=O)Nc1ccccn1)c1ccc(N2C[C@H](CNC(=O)C(F)F)OC2=O)cc1F. The molecule has 1 aromatic carbocycles. The van der Waals surface area contributed by atoms with Gasteiger partial charge in [0, 0.05) is 26.3 Å². The van der Waals surface area contributed by atoms with Gasteiger partial charge >= 0.3 is 18.5 Å². The minimum absolute atomic E-state index is 0.0405. The summed E-state index contributed by atoms with van der Waals surface area (Å²) in [6.07, 6.45) is -3.25. The first-order valence-corrected chi connectivity index (χ1v) is 11.5. The van der Waals surface area contributed by atoms with E-state index >= 15 is 4.39 Å². The van der Waals surface area contributed by atoms with Crippen LogP contribution in [0.25, 0.3) is 0 Å². The summed E-state index contributed by atoms with van der Waals surface area (Å²) in [5.74, 6) is -1.67. The Morgan fingerprint density at radius 1 is 1.24 bits per heavy atom. The maximum absolute atomic E-state index is 15.1. The van der Waals surface area contributed by atoms with Gasteiger partial charge in [-0.25, -0.2) is 24.4 Å². The van der Waals surface area contributed by atoms with E-state index < -0.39 is 36.4 Å². The maximum atomic E-state index is 15.1. The Morgan fingerprint density at radius 2 is 2.03 bits per heavy atom. The van der Waals surface area contributed by atoms with Gasteiger partial charge in [0.15, 0.2) is 0 Å². The van der Waals surface area contributed by atoms with E-state index in [2.05, 4.69) is 15.7 Å². The largest absolute Gasteiger partial charge is 0.442 e. The second-order valence-corrected chi connectivity index (χ2v) is 7.90. The summed E-state index contributed by atoms with van der Waals surface area (Å²) in [5, 5.41) is 5.99. The van der Waals surface area contributed by atoms with E-state index in [1.165, 1.54) is 23.2 Å². The van der Waals surface area contributed by atoms with Crippen molar-refractivity contribution >= 4 is 35.2 Å². The van der Waals surface area contributed by atoms with Crippen molar-refractivity contribution < 1.29 is 32.3 Å². The van der Waals surface area contributed by atoms with Crippen LogP contribution in [0.15, 0.2) is 42.6 Å². The fourth-order valence-electron chi connectivity index (χ4n) is 3.65. The lowest BCUT2D eigenvalue weighted by Gasteiger charge is -2.28. The zero-order chi connectivity index (χ0) is 26.9. The van der Waals surface area contributed by atoms with Crippen molar-refractivity contribution in [3.8, 4) is 0 Å². The second kappa shape index (κ2) is 12.8. The van der Waals surface area contributed by atoms with Crippen molar-refractivity contribution in [2.45, 2.75) is 19.5 Å². The minimum atomic E-state index is -3.17. The summed E-state index contributed by atoms with van der Waals surface area (Å²) in [6.45, 7) is 2.46. The Labute approximate surface area is 211 Å². The van der Waals surface area contributed by atoms with Gasteiger partial charge in [-0.1, -0.05) is 6.07 Å². The zero-order valence-corrected chi connectivity index (χ0v) is 20.3. The molecule has 3 rings (SSSR count). The molecule has 4 amide bonds. The number of urea groups is 1. The number of amides is 4. The van der Waals surface area contributed by atoms with Gasteiger partial charge in [-0.15, -0.1) is 0 Å². The average Bonchev–Trinajstić information content (AvgIpc) is 3.26. The number of nitrogens with one attached hydrogen (secondary N) is 3. The highest BCUT2D eigenvalue weighted by molar-refractivity contribution is 5.90. The van der Waals surface area contributed by atoms with Crippen LogP contribution in [0.2, 0.25) is 0 Å². The lowest BCUT2D eigenvalue weighted by atomic mass is 10.2. The van der Waals surface area contributed by atoms with Crippen molar-refractivity contribution in [3.63, 3.8) is 0 Å². The Bertz CT molecular complexity index is 1090. The Hall–Kier alpha value is -4.07. The van der Waals surface area contributed by atoms with Crippen molar-refractivity contribution in [2.75, 3.05) is 54.9 Å². The Morgan fingerprint density at radius 3 is 2.65 bits per heavy atom. The quantitative estimate of drug-likeness (QED) is 0.387. The Balaban J connectivity index is 1.60. The molecule has 1 aliphatic rings. The van der Waals surface area contributed by atoms with E-state index in [-0.39, 0.29) is 31.0 Å². The number of likely N-dealkylation sites (N-methyl/N-ethyl adjacent to an activating group) is 1. The molecule has 1 aromatic heterocycles. The summed E-state index contributed by atoms with van der Waals surface area (Å²) in [7, 11) is 1.59. The molecule has 0 unspecified atom stereocenters. The number of rotatable bonds is 11. The molecule has 11 nitrogen and oxygen atoms in total. The Kier molecular flexibility index (Phi) is 9.49. The number of hydrogen-bond donors (Lipinski definition) is 3.